The Kier molecular flexibility index (Phi) is 6.80. The Morgan fingerprint density at radius 2 is 1.73 bits per heavy atom. The average Bonchev–Trinajstić information content (AvgIpc) is 2.94. The van der Waals surface area contributed by atoms with Gasteiger partial charge in [-0.1, -0.05) is 53.7 Å². The van der Waals surface area contributed by atoms with Gasteiger partial charge in [-0.05, 0) is 50.3 Å². The molecule has 0 spiro atoms. The van der Waals surface area contributed by atoms with Gasteiger partial charge in [0, 0.05) is 24.2 Å². The summed E-state index contributed by atoms with van der Waals surface area (Å²) in [6.07, 6.45) is 3.94. The Morgan fingerprint density at radius 3 is 2.40 bits per heavy atom. The summed E-state index contributed by atoms with van der Waals surface area (Å²) in [6, 6.07) is 16.9. The number of fused-ring (bicyclic) bond motifs is 2. The number of ether oxygens (including phenoxy) is 1. The minimum absolute atomic E-state index is 0.0226. The van der Waals surface area contributed by atoms with Gasteiger partial charge in [0.05, 0.1) is 12.5 Å². The van der Waals surface area contributed by atoms with Crippen molar-refractivity contribution in [3.8, 4) is 0 Å². The number of rotatable bonds is 6. The Bertz CT molecular complexity index is 859. The normalized spacial score (nSPS) is 18.7. The lowest BCUT2D eigenvalue weighted by molar-refractivity contribution is -0.150. The van der Waals surface area contributed by atoms with E-state index in [0.29, 0.717) is 13.2 Å². The maximum atomic E-state index is 12.0. The molecule has 0 N–H and O–H groups in total. The lowest BCUT2D eigenvalue weighted by Gasteiger charge is -2.30. The van der Waals surface area contributed by atoms with Gasteiger partial charge >= 0.3 is 5.97 Å². The molecule has 2 aliphatic rings. The van der Waals surface area contributed by atoms with Gasteiger partial charge in [0.2, 0.25) is 0 Å². The SMILES string of the molecule is CCOC(=O)[C@@H]1CCCN(CCON=C2c3ccccc3CCc3ccccc32)C1. The number of piperidine rings is 1. The quantitative estimate of drug-likeness (QED) is 0.416. The van der Waals surface area contributed by atoms with E-state index in [4.69, 9.17) is 9.57 Å². The van der Waals surface area contributed by atoms with Crippen molar-refractivity contribution in [1.82, 2.24) is 4.90 Å². The summed E-state index contributed by atoms with van der Waals surface area (Å²) < 4.78 is 5.19. The van der Waals surface area contributed by atoms with E-state index in [0.717, 1.165) is 62.2 Å². The Balaban J connectivity index is 1.42. The van der Waals surface area contributed by atoms with Crippen molar-refractivity contribution in [2.45, 2.75) is 32.6 Å². The summed E-state index contributed by atoms with van der Waals surface area (Å²) >= 11 is 0. The van der Waals surface area contributed by atoms with Crippen LogP contribution in [-0.4, -0.2) is 49.4 Å². The number of aryl methyl sites for hydroxylation is 2. The molecule has 4 rings (SSSR count). The van der Waals surface area contributed by atoms with E-state index in [1.54, 1.807) is 0 Å². The van der Waals surface area contributed by atoms with Crippen LogP contribution in [0.15, 0.2) is 53.7 Å². The second kappa shape index (κ2) is 9.90. The van der Waals surface area contributed by atoms with E-state index < -0.39 is 0 Å². The molecule has 0 unspecified atom stereocenters. The topological polar surface area (TPSA) is 51.1 Å². The average molecular weight is 407 g/mol. The fourth-order valence-electron chi connectivity index (χ4n) is 4.44. The molecule has 30 heavy (non-hydrogen) atoms. The number of carbonyl (C=O) groups is 1. The molecule has 1 saturated heterocycles. The fourth-order valence-corrected chi connectivity index (χ4v) is 4.44. The maximum Gasteiger partial charge on any atom is 0.310 e. The van der Waals surface area contributed by atoms with E-state index >= 15 is 0 Å². The van der Waals surface area contributed by atoms with Crippen molar-refractivity contribution in [1.29, 1.82) is 0 Å². The summed E-state index contributed by atoms with van der Waals surface area (Å²) in [5.74, 6) is -0.0966. The minimum atomic E-state index is -0.0740. The van der Waals surface area contributed by atoms with Gasteiger partial charge in [-0.2, -0.15) is 0 Å². The van der Waals surface area contributed by atoms with E-state index in [9.17, 15) is 4.79 Å². The second-order valence-corrected chi connectivity index (χ2v) is 7.98. The molecule has 0 amide bonds. The molecule has 5 nitrogen and oxygen atoms in total. The van der Waals surface area contributed by atoms with Gasteiger partial charge < -0.3 is 9.57 Å². The third kappa shape index (κ3) is 4.73. The summed E-state index contributed by atoms with van der Waals surface area (Å²) in [5, 5.41) is 4.59. The maximum absolute atomic E-state index is 12.0. The van der Waals surface area contributed by atoms with Crippen LogP contribution in [0, 0.1) is 5.92 Å². The molecule has 1 fully saturated rings. The largest absolute Gasteiger partial charge is 0.466 e. The van der Waals surface area contributed by atoms with Crippen molar-refractivity contribution in [3.63, 3.8) is 0 Å². The van der Waals surface area contributed by atoms with Crippen LogP contribution in [0.2, 0.25) is 0 Å². The molecule has 0 aromatic heterocycles. The molecule has 1 heterocycles. The van der Waals surface area contributed by atoms with Crippen LogP contribution in [0.3, 0.4) is 0 Å². The van der Waals surface area contributed by atoms with Gasteiger partial charge in [-0.3, -0.25) is 9.69 Å². The van der Waals surface area contributed by atoms with Gasteiger partial charge in [-0.25, -0.2) is 0 Å². The lowest BCUT2D eigenvalue weighted by Crippen LogP contribution is -2.40. The highest BCUT2D eigenvalue weighted by molar-refractivity contribution is 6.14. The number of esters is 1. The highest BCUT2D eigenvalue weighted by Crippen LogP contribution is 2.25. The highest BCUT2D eigenvalue weighted by atomic mass is 16.6. The number of oxime groups is 1. The summed E-state index contributed by atoms with van der Waals surface area (Å²) in [6.45, 7) is 5.29. The van der Waals surface area contributed by atoms with E-state index in [1.165, 1.54) is 11.1 Å². The van der Waals surface area contributed by atoms with E-state index in [-0.39, 0.29) is 11.9 Å². The summed E-state index contributed by atoms with van der Waals surface area (Å²) in [4.78, 5) is 20.1. The van der Waals surface area contributed by atoms with Crippen molar-refractivity contribution >= 4 is 11.7 Å². The lowest BCUT2D eigenvalue weighted by atomic mass is 9.98. The third-order valence-corrected chi connectivity index (χ3v) is 5.99. The van der Waals surface area contributed by atoms with E-state index in [2.05, 4.69) is 58.6 Å². The smallest absolute Gasteiger partial charge is 0.310 e. The predicted octanol–water partition coefficient (Wildman–Crippen LogP) is 3.83. The van der Waals surface area contributed by atoms with Crippen LogP contribution in [0.25, 0.3) is 0 Å². The predicted molar refractivity (Wildman–Crippen MR) is 118 cm³/mol. The van der Waals surface area contributed by atoms with Crippen LogP contribution < -0.4 is 0 Å². The molecular weight excluding hydrogens is 376 g/mol. The molecule has 158 valence electrons. The monoisotopic (exact) mass is 406 g/mol. The van der Waals surface area contributed by atoms with Crippen LogP contribution in [0.4, 0.5) is 0 Å². The second-order valence-electron chi connectivity index (χ2n) is 7.98. The molecule has 0 saturated carbocycles. The Hall–Kier alpha value is -2.66. The first kappa shape index (κ1) is 20.6. The molecule has 5 heteroatoms. The zero-order valence-electron chi connectivity index (χ0n) is 17.7. The van der Waals surface area contributed by atoms with Crippen molar-refractivity contribution in [2.24, 2.45) is 11.1 Å². The van der Waals surface area contributed by atoms with Crippen LogP contribution in [0.1, 0.15) is 42.0 Å². The zero-order chi connectivity index (χ0) is 20.8. The number of carbonyl (C=O) groups excluding carboxylic acids is 1. The van der Waals surface area contributed by atoms with Crippen molar-refractivity contribution in [3.05, 3.63) is 70.8 Å². The number of likely N-dealkylation sites (tertiary alicyclic amines) is 1. The Morgan fingerprint density at radius 1 is 1.07 bits per heavy atom. The molecule has 1 atom stereocenters. The summed E-state index contributed by atoms with van der Waals surface area (Å²) in [7, 11) is 0. The van der Waals surface area contributed by atoms with Crippen LogP contribution in [-0.2, 0) is 27.2 Å². The molecule has 1 aliphatic carbocycles. The molecule has 2 aromatic carbocycles. The van der Waals surface area contributed by atoms with Gasteiger partial charge in [0.1, 0.15) is 12.3 Å². The molecular formula is C25H30N2O3. The fraction of sp³-hybridized carbons (Fsp3) is 0.440. The minimum Gasteiger partial charge on any atom is -0.466 e. The van der Waals surface area contributed by atoms with Crippen LogP contribution >= 0.6 is 0 Å². The number of hydrogen-bond donors (Lipinski definition) is 0. The molecule has 1 aliphatic heterocycles. The standard InChI is InChI=1S/C25H30N2O3/c1-2-29-25(28)21-10-7-15-27(18-21)16-17-30-26-24-22-11-5-3-8-19(22)13-14-20-9-4-6-12-23(20)24/h3-6,8-9,11-12,21H,2,7,10,13-18H2,1H3/t21-/m1/s1. The van der Waals surface area contributed by atoms with Crippen molar-refractivity contribution < 1.29 is 14.4 Å². The third-order valence-electron chi connectivity index (χ3n) is 5.99. The van der Waals surface area contributed by atoms with Gasteiger partial charge in [0.25, 0.3) is 0 Å². The van der Waals surface area contributed by atoms with Crippen molar-refractivity contribution in [2.75, 3.05) is 32.8 Å². The molecule has 0 bridgehead atoms. The molecule has 0 radical (unpaired) electrons. The number of hydrogen-bond acceptors (Lipinski definition) is 5. The number of benzene rings is 2. The first-order valence-corrected chi connectivity index (χ1v) is 11.0. The van der Waals surface area contributed by atoms with Gasteiger partial charge in [-0.15, -0.1) is 0 Å². The summed E-state index contributed by atoms with van der Waals surface area (Å²) in [5.41, 5.74) is 5.85. The van der Waals surface area contributed by atoms with Gasteiger partial charge in [0.15, 0.2) is 0 Å². The Labute approximate surface area is 178 Å². The number of nitrogens with zero attached hydrogens (tertiary/aromatic N) is 2. The van der Waals surface area contributed by atoms with Crippen LogP contribution in [0.5, 0.6) is 0 Å². The zero-order valence-corrected chi connectivity index (χ0v) is 17.7. The van der Waals surface area contributed by atoms with E-state index in [1.807, 2.05) is 6.92 Å². The first-order chi connectivity index (χ1) is 14.8. The molecule has 2 aromatic rings. The first-order valence-electron chi connectivity index (χ1n) is 11.0. The highest BCUT2D eigenvalue weighted by Gasteiger charge is 2.26.